The van der Waals surface area contributed by atoms with E-state index in [9.17, 15) is 9.90 Å². The van der Waals surface area contributed by atoms with Crippen molar-refractivity contribution < 1.29 is 14.6 Å². The number of rotatable bonds is 5. The van der Waals surface area contributed by atoms with Crippen molar-refractivity contribution in [3.05, 3.63) is 89.1 Å². The van der Waals surface area contributed by atoms with Crippen LogP contribution in [-0.2, 0) is 6.54 Å². The van der Waals surface area contributed by atoms with Crippen LogP contribution < -0.4 is 10.5 Å². The van der Waals surface area contributed by atoms with Gasteiger partial charge in [0.25, 0.3) is 0 Å². The first-order valence-corrected chi connectivity index (χ1v) is 9.02. The minimum Gasteiger partial charge on any atom is -0.478 e. The predicted octanol–water partition coefficient (Wildman–Crippen LogP) is 5.42. The van der Waals surface area contributed by atoms with Gasteiger partial charge in [-0.05, 0) is 35.9 Å². The molecule has 0 saturated heterocycles. The molecule has 4 rings (SSSR count). The second kappa shape index (κ2) is 7.29. The summed E-state index contributed by atoms with van der Waals surface area (Å²) in [6, 6.07) is 20.0. The Kier molecular flexibility index (Phi) is 4.67. The average molecular weight is 393 g/mol. The van der Waals surface area contributed by atoms with Crippen LogP contribution in [0.3, 0.4) is 0 Å². The lowest BCUT2D eigenvalue weighted by molar-refractivity contribution is 0.0699. The Balaban J connectivity index is 1.85. The predicted molar refractivity (Wildman–Crippen MR) is 110 cm³/mol. The molecule has 5 nitrogen and oxygen atoms in total. The van der Waals surface area contributed by atoms with Crippen molar-refractivity contribution in [1.82, 2.24) is 4.57 Å². The number of fused-ring (bicyclic) bond motifs is 1. The lowest BCUT2D eigenvalue weighted by atomic mass is 10.1. The SMILES string of the molecule is Nc1cc(Cl)ccc1Oc1cn(Cc2ccccc2)c2cccc(C(=O)O)c12. The number of anilines is 1. The van der Waals surface area contributed by atoms with Crippen LogP contribution in [0.2, 0.25) is 5.02 Å². The molecule has 1 heterocycles. The number of ether oxygens (including phenoxy) is 1. The molecular formula is C22H17ClN2O3. The van der Waals surface area contributed by atoms with E-state index in [-0.39, 0.29) is 5.56 Å². The molecule has 3 aromatic carbocycles. The summed E-state index contributed by atoms with van der Waals surface area (Å²) in [6.45, 7) is 0.583. The smallest absolute Gasteiger partial charge is 0.336 e. The fraction of sp³-hybridized carbons (Fsp3) is 0.0455. The van der Waals surface area contributed by atoms with Crippen LogP contribution >= 0.6 is 11.6 Å². The molecule has 0 atom stereocenters. The van der Waals surface area contributed by atoms with Crippen molar-refractivity contribution in [1.29, 1.82) is 0 Å². The minimum atomic E-state index is -1.02. The van der Waals surface area contributed by atoms with Crippen LogP contribution in [0.15, 0.2) is 72.9 Å². The van der Waals surface area contributed by atoms with Crippen LogP contribution in [0.5, 0.6) is 11.5 Å². The van der Waals surface area contributed by atoms with Crippen LogP contribution in [0, 0.1) is 0 Å². The summed E-state index contributed by atoms with van der Waals surface area (Å²) in [5.41, 5.74) is 8.43. The number of aromatic carboxylic acids is 1. The van der Waals surface area contributed by atoms with Crippen molar-refractivity contribution >= 4 is 34.2 Å². The van der Waals surface area contributed by atoms with Gasteiger partial charge in [-0.1, -0.05) is 48.0 Å². The lowest BCUT2D eigenvalue weighted by Crippen LogP contribution is -2.00. The number of nitrogens with zero attached hydrogens (tertiary/aromatic N) is 1. The largest absolute Gasteiger partial charge is 0.478 e. The third kappa shape index (κ3) is 3.40. The zero-order chi connectivity index (χ0) is 19.7. The number of nitrogen functional groups attached to an aromatic ring is 1. The van der Waals surface area contributed by atoms with Crippen molar-refractivity contribution in [2.75, 3.05) is 5.73 Å². The van der Waals surface area contributed by atoms with Gasteiger partial charge in [-0.2, -0.15) is 0 Å². The van der Waals surface area contributed by atoms with E-state index >= 15 is 0 Å². The number of hydrogen-bond acceptors (Lipinski definition) is 3. The molecule has 0 aliphatic heterocycles. The van der Waals surface area contributed by atoms with Gasteiger partial charge in [0, 0.05) is 17.8 Å². The summed E-state index contributed by atoms with van der Waals surface area (Å²) in [7, 11) is 0. The van der Waals surface area contributed by atoms with Gasteiger partial charge in [-0.3, -0.25) is 0 Å². The molecule has 0 saturated carbocycles. The number of aromatic nitrogens is 1. The minimum absolute atomic E-state index is 0.173. The van der Waals surface area contributed by atoms with Crippen molar-refractivity contribution in [3.8, 4) is 11.5 Å². The Bertz CT molecular complexity index is 1170. The van der Waals surface area contributed by atoms with Crippen LogP contribution in [0.4, 0.5) is 5.69 Å². The van der Waals surface area contributed by atoms with Gasteiger partial charge in [0.2, 0.25) is 0 Å². The first-order valence-electron chi connectivity index (χ1n) is 8.65. The second-order valence-electron chi connectivity index (χ2n) is 6.40. The zero-order valence-corrected chi connectivity index (χ0v) is 15.6. The first-order chi connectivity index (χ1) is 13.5. The van der Waals surface area contributed by atoms with Gasteiger partial charge in [-0.25, -0.2) is 4.79 Å². The molecule has 1 aromatic heterocycles. The van der Waals surface area contributed by atoms with E-state index in [2.05, 4.69) is 0 Å². The number of carboxylic acids is 1. The summed E-state index contributed by atoms with van der Waals surface area (Å²) in [6.07, 6.45) is 1.80. The Morgan fingerprint density at radius 3 is 2.54 bits per heavy atom. The maximum absolute atomic E-state index is 11.8. The highest BCUT2D eigenvalue weighted by molar-refractivity contribution is 6.30. The number of nitrogens with two attached hydrogens (primary N) is 1. The van der Waals surface area contributed by atoms with Crippen molar-refractivity contribution in [2.24, 2.45) is 0 Å². The van der Waals surface area contributed by atoms with Gasteiger partial charge in [0.1, 0.15) is 0 Å². The maximum atomic E-state index is 11.8. The Labute approximate surface area is 166 Å². The van der Waals surface area contributed by atoms with Gasteiger partial charge < -0.3 is 20.1 Å². The molecule has 0 fully saturated rings. The van der Waals surface area contributed by atoms with E-state index in [1.165, 1.54) is 0 Å². The number of carboxylic acid groups (broad SMARTS) is 1. The third-order valence-corrected chi connectivity index (χ3v) is 4.72. The van der Waals surface area contributed by atoms with E-state index in [1.807, 2.05) is 41.0 Å². The average Bonchev–Trinajstić information content (AvgIpc) is 3.02. The molecular weight excluding hydrogens is 376 g/mol. The van der Waals surface area contributed by atoms with Gasteiger partial charge in [0.05, 0.1) is 22.2 Å². The Hall–Kier alpha value is -3.44. The topological polar surface area (TPSA) is 77.5 Å². The van der Waals surface area contributed by atoms with E-state index in [4.69, 9.17) is 22.1 Å². The van der Waals surface area contributed by atoms with Gasteiger partial charge in [-0.15, -0.1) is 0 Å². The Morgan fingerprint density at radius 1 is 1.04 bits per heavy atom. The monoisotopic (exact) mass is 392 g/mol. The molecule has 28 heavy (non-hydrogen) atoms. The molecule has 0 aliphatic rings. The Morgan fingerprint density at radius 2 is 1.82 bits per heavy atom. The molecule has 6 heteroatoms. The van der Waals surface area contributed by atoms with Crippen LogP contribution in [0.1, 0.15) is 15.9 Å². The summed E-state index contributed by atoms with van der Waals surface area (Å²) in [5, 5.41) is 10.7. The summed E-state index contributed by atoms with van der Waals surface area (Å²) < 4.78 is 7.99. The summed E-state index contributed by atoms with van der Waals surface area (Å²) >= 11 is 5.96. The van der Waals surface area contributed by atoms with E-state index < -0.39 is 5.97 Å². The van der Waals surface area contributed by atoms with Crippen molar-refractivity contribution in [3.63, 3.8) is 0 Å². The third-order valence-electron chi connectivity index (χ3n) is 4.49. The highest BCUT2D eigenvalue weighted by Crippen LogP contribution is 2.37. The maximum Gasteiger partial charge on any atom is 0.336 e. The molecule has 3 N–H and O–H groups in total. The molecule has 0 aliphatic carbocycles. The number of carbonyl (C=O) groups is 1. The highest BCUT2D eigenvalue weighted by atomic mass is 35.5. The molecule has 0 spiro atoms. The quantitative estimate of drug-likeness (QED) is 0.445. The molecule has 4 aromatic rings. The highest BCUT2D eigenvalue weighted by Gasteiger charge is 2.19. The number of halogens is 1. The zero-order valence-electron chi connectivity index (χ0n) is 14.8. The standard InChI is InChI=1S/C22H17ClN2O3/c23-15-9-10-19(17(24)11-15)28-20-13-25(12-14-5-2-1-3-6-14)18-8-4-7-16(21(18)20)22(26)27/h1-11,13H,12,24H2,(H,26,27). The fourth-order valence-electron chi connectivity index (χ4n) is 3.21. The van der Waals surface area contributed by atoms with Crippen LogP contribution in [0.25, 0.3) is 10.9 Å². The molecule has 0 radical (unpaired) electrons. The number of hydrogen-bond donors (Lipinski definition) is 2. The molecule has 0 amide bonds. The number of benzene rings is 3. The summed E-state index contributed by atoms with van der Waals surface area (Å²) in [4.78, 5) is 11.8. The normalized spacial score (nSPS) is 10.9. The van der Waals surface area contributed by atoms with Crippen LogP contribution in [-0.4, -0.2) is 15.6 Å². The van der Waals surface area contributed by atoms with E-state index in [0.29, 0.717) is 34.1 Å². The first kappa shape index (κ1) is 17.9. The summed E-state index contributed by atoms with van der Waals surface area (Å²) in [5.74, 6) is -0.168. The molecule has 0 unspecified atom stereocenters. The van der Waals surface area contributed by atoms with Crippen molar-refractivity contribution in [2.45, 2.75) is 6.54 Å². The van der Waals surface area contributed by atoms with E-state index in [0.717, 1.165) is 11.1 Å². The fourth-order valence-corrected chi connectivity index (χ4v) is 3.39. The second-order valence-corrected chi connectivity index (χ2v) is 6.83. The van der Waals surface area contributed by atoms with E-state index in [1.54, 1.807) is 36.5 Å². The van der Waals surface area contributed by atoms with Gasteiger partial charge in [0.15, 0.2) is 11.5 Å². The lowest BCUT2D eigenvalue weighted by Gasteiger charge is -2.08. The van der Waals surface area contributed by atoms with Gasteiger partial charge >= 0.3 is 5.97 Å². The molecule has 0 bridgehead atoms. The molecule has 140 valence electrons.